The predicted molar refractivity (Wildman–Crippen MR) is 38.4 cm³/mol. The van der Waals surface area contributed by atoms with Crippen LogP contribution in [0.1, 0.15) is 0 Å². The largest absolute Gasteiger partial charge is 0.549 e. The Hall–Kier alpha value is -1.03. The average molecular weight is 155 g/mol. The number of aliphatic carboxylic acids is 1. The Morgan fingerprint density at radius 1 is 1.64 bits per heavy atom. The Bertz CT molecular complexity index is 170. The van der Waals surface area contributed by atoms with Gasteiger partial charge >= 0.3 is 0 Å². The van der Waals surface area contributed by atoms with Crippen LogP contribution < -0.4 is 5.11 Å². The van der Waals surface area contributed by atoms with Gasteiger partial charge in [0.05, 0.1) is 12.6 Å². The molecular weight excluding hydrogens is 144 g/mol. The van der Waals surface area contributed by atoms with Gasteiger partial charge in [0.15, 0.2) is 0 Å². The van der Waals surface area contributed by atoms with E-state index >= 15 is 0 Å². The van der Waals surface area contributed by atoms with E-state index < -0.39 is 5.97 Å². The molecule has 0 aromatic heterocycles. The second kappa shape index (κ2) is 3.39. The summed E-state index contributed by atoms with van der Waals surface area (Å²) in [4.78, 5) is 13.9. The average Bonchev–Trinajstić information content (AvgIpc) is 2.34. The van der Waals surface area contributed by atoms with Crippen molar-refractivity contribution in [2.24, 2.45) is 0 Å². The maximum absolute atomic E-state index is 10.2. The van der Waals surface area contributed by atoms with Crippen molar-refractivity contribution < 1.29 is 9.90 Å². The van der Waals surface area contributed by atoms with Crippen molar-refractivity contribution in [3.63, 3.8) is 0 Å². The maximum atomic E-state index is 10.2. The Kier molecular flexibility index (Phi) is 2.48. The predicted octanol–water partition coefficient (Wildman–Crippen LogP) is -1.55. The first-order valence-electron chi connectivity index (χ1n) is 3.51. The van der Waals surface area contributed by atoms with Crippen LogP contribution in [0, 0.1) is 0 Å². The standard InChI is InChI=1S/C7H12N2O2/c1-2-8-3-4-9(6-8)5-7(10)11/h2H,1,3-6H2,(H,10,11)/p-1. The van der Waals surface area contributed by atoms with Crippen molar-refractivity contribution in [2.45, 2.75) is 0 Å². The van der Waals surface area contributed by atoms with Crippen molar-refractivity contribution in [3.05, 3.63) is 12.8 Å². The van der Waals surface area contributed by atoms with Gasteiger partial charge in [0, 0.05) is 19.6 Å². The summed E-state index contributed by atoms with van der Waals surface area (Å²) in [6, 6.07) is 0. The van der Waals surface area contributed by atoms with Gasteiger partial charge in [0.25, 0.3) is 0 Å². The molecule has 0 aromatic carbocycles. The zero-order valence-electron chi connectivity index (χ0n) is 6.32. The molecule has 1 aliphatic rings. The first-order valence-corrected chi connectivity index (χ1v) is 3.51. The molecule has 0 bridgehead atoms. The third-order valence-electron chi connectivity index (χ3n) is 1.70. The monoisotopic (exact) mass is 155 g/mol. The molecule has 0 unspecified atom stereocenters. The smallest absolute Gasteiger partial charge is 0.0705 e. The molecule has 1 rings (SSSR count). The van der Waals surface area contributed by atoms with E-state index in [0.29, 0.717) is 6.67 Å². The van der Waals surface area contributed by atoms with E-state index in [4.69, 9.17) is 0 Å². The van der Waals surface area contributed by atoms with E-state index in [2.05, 4.69) is 6.58 Å². The normalized spacial score (nSPS) is 18.7. The number of rotatable bonds is 3. The quantitative estimate of drug-likeness (QED) is 0.495. The van der Waals surface area contributed by atoms with Gasteiger partial charge in [0.1, 0.15) is 0 Å². The minimum absolute atomic E-state index is 0.0182. The number of carboxylic acid groups (broad SMARTS) is 1. The molecule has 0 aliphatic carbocycles. The molecule has 0 radical (unpaired) electrons. The summed E-state index contributed by atoms with van der Waals surface area (Å²) in [5, 5.41) is 10.2. The Morgan fingerprint density at radius 3 is 2.82 bits per heavy atom. The first-order chi connectivity index (χ1) is 5.22. The van der Waals surface area contributed by atoms with Crippen molar-refractivity contribution in [1.29, 1.82) is 0 Å². The van der Waals surface area contributed by atoms with Gasteiger partial charge in [0.2, 0.25) is 0 Å². The molecule has 4 heteroatoms. The molecule has 0 saturated carbocycles. The third-order valence-corrected chi connectivity index (χ3v) is 1.70. The number of nitrogens with zero attached hydrogens (tertiary/aromatic N) is 2. The number of hydrogen-bond acceptors (Lipinski definition) is 4. The van der Waals surface area contributed by atoms with Crippen molar-refractivity contribution >= 4 is 5.97 Å². The summed E-state index contributed by atoms with van der Waals surface area (Å²) in [6.07, 6.45) is 1.72. The number of carbonyl (C=O) groups excluding carboxylic acids is 1. The van der Waals surface area contributed by atoms with Crippen LogP contribution in [0.2, 0.25) is 0 Å². The molecule has 0 atom stereocenters. The molecule has 11 heavy (non-hydrogen) atoms. The Balaban J connectivity index is 2.29. The van der Waals surface area contributed by atoms with Crippen molar-refractivity contribution in [3.8, 4) is 0 Å². The van der Waals surface area contributed by atoms with Crippen LogP contribution >= 0.6 is 0 Å². The molecule has 0 spiro atoms. The second-order valence-electron chi connectivity index (χ2n) is 2.56. The van der Waals surface area contributed by atoms with Gasteiger partial charge in [-0.25, -0.2) is 0 Å². The summed E-state index contributed by atoms with van der Waals surface area (Å²) < 4.78 is 0. The minimum atomic E-state index is -1.02. The summed E-state index contributed by atoms with van der Waals surface area (Å²) in [5.74, 6) is -1.02. The van der Waals surface area contributed by atoms with Gasteiger partial charge in [-0.05, 0) is 6.20 Å². The van der Waals surface area contributed by atoms with Crippen LogP contribution in [0.3, 0.4) is 0 Å². The van der Waals surface area contributed by atoms with Gasteiger partial charge in [-0.1, -0.05) is 6.58 Å². The van der Waals surface area contributed by atoms with Crippen LogP contribution in [-0.2, 0) is 4.79 Å². The lowest BCUT2D eigenvalue weighted by Crippen LogP contribution is -2.37. The molecule has 1 heterocycles. The van der Waals surface area contributed by atoms with E-state index in [9.17, 15) is 9.90 Å². The molecule has 62 valence electrons. The number of carboxylic acids is 1. The molecule has 1 saturated heterocycles. The molecule has 1 fully saturated rings. The highest BCUT2D eigenvalue weighted by molar-refractivity contribution is 5.66. The first kappa shape index (κ1) is 8.07. The zero-order chi connectivity index (χ0) is 8.27. The van der Waals surface area contributed by atoms with Gasteiger partial charge in [-0.15, -0.1) is 0 Å². The van der Waals surface area contributed by atoms with E-state index in [1.54, 1.807) is 11.1 Å². The highest BCUT2D eigenvalue weighted by Crippen LogP contribution is 2.02. The molecule has 0 N–H and O–H groups in total. The SMILES string of the molecule is C=CN1CCN(CC(=O)[O-])C1. The van der Waals surface area contributed by atoms with Crippen molar-refractivity contribution in [2.75, 3.05) is 26.3 Å². The number of carbonyl (C=O) groups is 1. The van der Waals surface area contributed by atoms with Crippen LogP contribution in [0.15, 0.2) is 12.8 Å². The van der Waals surface area contributed by atoms with E-state index in [0.717, 1.165) is 13.1 Å². The lowest BCUT2D eigenvalue weighted by molar-refractivity contribution is -0.306. The molecule has 4 nitrogen and oxygen atoms in total. The maximum Gasteiger partial charge on any atom is 0.0705 e. The minimum Gasteiger partial charge on any atom is -0.549 e. The van der Waals surface area contributed by atoms with E-state index in [1.165, 1.54) is 0 Å². The fourth-order valence-corrected chi connectivity index (χ4v) is 1.13. The van der Waals surface area contributed by atoms with Crippen LogP contribution in [0.5, 0.6) is 0 Å². The Labute approximate surface area is 65.7 Å². The molecular formula is C7H11N2O2-. The van der Waals surface area contributed by atoms with Gasteiger partial charge in [-0.3, -0.25) is 4.90 Å². The van der Waals surface area contributed by atoms with Crippen LogP contribution in [-0.4, -0.2) is 42.1 Å². The molecule has 0 amide bonds. The Morgan fingerprint density at radius 2 is 2.36 bits per heavy atom. The highest BCUT2D eigenvalue weighted by atomic mass is 16.4. The van der Waals surface area contributed by atoms with Gasteiger partial charge in [-0.2, -0.15) is 0 Å². The fourth-order valence-electron chi connectivity index (χ4n) is 1.13. The molecule has 1 aliphatic heterocycles. The fraction of sp³-hybridized carbons (Fsp3) is 0.571. The van der Waals surface area contributed by atoms with Gasteiger partial charge < -0.3 is 14.8 Å². The molecule has 0 aromatic rings. The summed E-state index contributed by atoms with van der Waals surface area (Å²) in [5.41, 5.74) is 0. The number of hydrogen-bond donors (Lipinski definition) is 0. The third kappa shape index (κ3) is 2.23. The lowest BCUT2D eigenvalue weighted by atomic mass is 10.5. The summed E-state index contributed by atoms with van der Waals surface area (Å²) in [6.45, 7) is 5.90. The summed E-state index contributed by atoms with van der Waals surface area (Å²) in [7, 11) is 0. The zero-order valence-corrected chi connectivity index (χ0v) is 6.32. The second-order valence-corrected chi connectivity index (χ2v) is 2.56. The lowest BCUT2D eigenvalue weighted by Gasteiger charge is -2.16. The highest BCUT2D eigenvalue weighted by Gasteiger charge is 2.15. The van der Waals surface area contributed by atoms with Crippen molar-refractivity contribution in [1.82, 2.24) is 9.80 Å². The van der Waals surface area contributed by atoms with E-state index in [-0.39, 0.29) is 6.54 Å². The van der Waals surface area contributed by atoms with Crippen LogP contribution in [0.25, 0.3) is 0 Å². The summed E-state index contributed by atoms with van der Waals surface area (Å²) >= 11 is 0. The van der Waals surface area contributed by atoms with Crippen LogP contribution in [0.4, 0.5) is 0 Å². The topological polar surface area (TPSA) is 46.6 Å². The van der Waals surface area contributed by atoms with E-state index in [1.807, 2.05) is 4.90 Å².